The van der Waals surface area contributed by atoms with E-state index in [0.717, 1.165) is 27.7 Å². The molecular formula is C68H114N4O50. The zero-order valence-electron chi connectivity index (χ0n) is 65.7. The van der Waals surface area contributed by atoms with Gasteiger partial charge in [0.25, 0.3) is 0 Å². The number of hydrogen-bond donors (Lipinski definition) is 31. The molecule has 0 spiro atoms. The molecule has 50 atom stereocenters. The average molecular weight is 1790 g/mol. The van der Waals surface area contributed by atoms with Crippen LogP contribution in [0.25, 0.3) is 0 Å². The van der Waals surface area contributed by atoms with Crippen molar-refractivity contribution in [3.8, 4) is 0 Å². The molecule has 10 aliphatic heterocycles. The van der Waals surface area contributed by atoms with Crippen LogP contribution in [-0.4, -0.2) is 528 Å². The number of ether oxygens (including phenoxy) is 19. The molecule has 10 heterocycles. The fraction of sp³-hybridized carbons (Fsp3) is 0.941. The number of carbonyl (C=O) groups is 4. The third-order valence-corrected chi connectivity index (χ3v) is 22.4. The number of aliphatic hydroxyl groups is 27. The first-order valence-electron chi connectivity index (χ1n) is 39.0. The van der Waals surface area contributed by atoms with E-state index >= 15 is 0 Å². The Bertz CT molecular complexity index is 3290. The van der Waals surface area contributed by atoms with E-state index in [4.69, 9.17) is 90.0 Å². The normalized spacial score (nSPS) is 49.7. The highest BCUT2D eigenvalue weighted by Gasteiger charge is 2.62. The maximum Gasteiger partial charge on any atom is 0.217 e. The number of nitrogens with one attached hydrogen (secondary N) is 4. The Morgan fingerprint density at radius 1 is 0.230 bits per heavy atom. The summed E-state index contributed by atoms with van der Waals surface area (Å²) in [6, 6.07) is -7.69. The van der Waals surface area contributed by atoms with E-state index in [2.05, 4.69) is 21.3 Å². The largest absolute Gasteiger partial charge is 0.394 e. The first-order chi connectivity index (χ1) is 57.7. The Morgan fingerprint density at radius 3 is 0.893 bits per heavy atom. The fourth-order valence-corrected chi connectivity index (χ4v) is 15.8. The number of amides is 4. The van der Waals surface area contributed by atoms with Gasteiger partial charge in [-0.1, -0.05) is 0 Å². The second-order valence-corrected chi connectivity index (χ2v) is 31.0. The number of aliphatic hydroxyl groups excluding tert-OH is 27. The van der Waals surface area contributed by atoms with Crippen molar-refractivity contribution in [1.82, 2.24) is 21.3 Å². The van der Waals surface area contributed by atoms with Crippen molar-refractivity contribution in [2.24, 2.45) is 0 Å². The van der Waals surface area contributed by atoms with Gasteiger partial charge in [0.1, 0.15) is 238 Å². The predicted octanol–water partition coefficient (Wildman–Crippen LogP) is -21.2. The lowest BCUT2D eigenvalue weighted by Crippen LogP contribution is -2.71. The van der Waals surface area contributed by atoms with Gasteiger partial charge in [0.05, 0.1) is 65.6 Å². The maximum atomic E-state index is 13.3. The van der Waals surface area contributed by atoms with Crippen molar-refractivity contribution < 1.29 is 247 Å². The fourth-order valence-electron chi connectivity index (χ4n) is 15.8. The minimum atomic E-state index is -2.63. The monoisotopic (exact) mass is 1790 g/mol. The summed E-state index contributed by atoms with van der Waals surface area (Å²) in [5.74, 6) is -3.76. The van der Waals surface area contributed by atoms with Crippen molar-refractivity contribution in [3.05, 3.63) is 0 Å². The standard InChI is InChI=1S/C68H114N4O50/c1-15-33(84)43(94)48(99)63(106-15)104-14-28-55(39(90)29(59(103)107-28)69-16(2)80)116-60-30(70-17(3)81)40(91)54(26(12-79)112-60)119-66-51(102)56(120-68-58(47(98)37(88)23(9-76)111-68)122-62-32(72-19(5)83)42(93)53(25(11-78)114-62)118-65-50(101)45(96)35(86)21(7-74)109-65)38(89)27(115-66)13-105-67-57(46(97)36(87)22(8-75)110-67)121-61-31(71-18(4)82)41(92)52(24(10-77)113-61)117-64-49(100)44(95)34(85)20(6-73)108-64/h15,20-68,73-79,84-103H,6-14H2,1-5H3,(H,69,80)(H,70,81)(H,71,82)(H,72,83)/t15-,20+,21+,22+,23+,24+,25+,26+,27+,28+,29+,30+,31+,32-,33+,34-,35-,36+,37+,38+,39+,40+,41+,42+,43+,44-,45-,46-,47-,48-,49+,50+,51-,52+,53+,54+,55+,56-,57-,58-,59+,60-,61-,62-,63?,64-,65-,66-,67-,68+/m0/s1. The Morgan fingerprint density at radius 2 is 0.500 bits per heavy atom. The van der Waals surface area contributed by atoms with E-state index in [0.29, 0.717) is 0 Å². The summed E-state index contributed by atoms with van der Waals surface area (Å²) in [4.78, 5) is 51.6. The molecule has 0 radical (unpaired) electrons. The summed E-state index contributed by atoms with van der Waals surface area (Å²) in [5.41, 5.74) is 0. The molecule has 0 bridgehead atoms. The van der Waals surface area contributed by atoms with Crippen LogP contribution in [-0.2, 0) is 109 Å². The maximum absolute atomic E-state index is 13.3. The van der Waals surface area contributed by atoms with Gasteiger partial charge in [-0.25, -0.2) is 0 Å². The molecule has 31 N–H and O–H groups in total. The van der Waals surface area contributed by atoms with Crippen molar-refractivity contribution in [2.75, 3.05) is 59.5 Å². The lowest BCUT2D eigenvalue weighted by molar-refractivity contribution is -0.399. The second-order valence-electron chi connectivity index (χ2n) is 31.0. The first-order valence-corrected chi connectivity index (χ1v) is 39.0. The van der Waals surface area contributed by atoms with Gasteiger partial charge in [0.15, 0.2) is 62.9 Å². The van der Waals surface area contributed by atoms with Gasteiger partial charge in [0.2, 0.25) is 23.6 Å². The highest BCUT2D eigenvalue weighted by molar-refractivity contribution is 5.74. The molecule has 0 aromatic carbocycles. The molecule has 10 saturated heterocycles. The van der Waals surface area contributed by atoms with E-state index in [-0.39, 0.29) is 0 Å². The van der Waals surface area contributed by atoms with E-state index in [1.165, 1.54) is 6.92 Å². The Kier molecular flexibility index (Phi) is 35.8. The van der Waals surface area contributed by atoms with Gasteiger partial charge >= 0.3 is 0 Å². The summed E-state index contributed by atoms with van der Waals surface area (Å²) in [6.07, 6.45) is -95.2. The van der Waals surface area contributed by atoms with Crippen molar-refractivity contribution >= 4 is 23.6 Å². The molecule has 0 aromatic heterocycles. The molecule has 0 aliphatic carbocycles. The molecule has 0 saturated carbocycles. The summed E-state index contributed by atoms with van der Waals surface area (Å²) < 4.78 is 113. The molecule has 706 valence electrons. The molecule has 0 aromatic rings. The quantitative estimate of drug-likeness (QED) is 0.0306. The van der Waals surface area contributed by atoms with Crippen molar-refractivity contribution in [2.45, 2.75) is 341 Å². The van der Waals surface area contributed by atoms with E-state index in [1.807, 2.05) is 0 Å². The van der Waals surface area contributed by atoms with Crippen LogP contribution in [0, 0.1) is 0 Å². The van der Waals surface area contributed by atoms with Crippen LogP contribution >= 0.6 is 0 Å². The third-order valence-electron chi connectivity index (χ3n) is 22.4. The molecule has 10 aliphatic rings. The molecule has 4 amide bonds. The van der Waals surface area contributed by atoms with E-state index in [1.54, 1.807) is 0 Å². The molecular weight excluding hydrogens is 1670 g/mol. The number of carbonyl (C=O) groups excluding carboxylic acids is 4. The second kappa shape index (κ2) is 43.6. The topological polar surface area (TPSA) is 838 Å². The molecule has 54 nitrogen and oxygen atoms in total. The van der Waals surface area contributed by atoms with Gasteiger partial charge in [0, 0.05) is 27.7 Å². The molecule has 54 heteroatoms. The lowest BCUT2D eigenvalue weighted by Gasteiger charge is -2.51. The van der Waals surface area contributed by atoms with Gasteiger partial charge in [-0.05, 0) is 6.92 Å². The SMILES string of the molecule is CC(=O)N[C@@H]1[C@H](O[C@@H]2[C@@H](O[C@@H]3[C@H](O)[C@H](O[C@H]4[C@H](O)[C@@H](NC(C)=O)[C@H](O[C@H]5[C@H](O)[C@@H](NC(C)=O)[C@H](O)O[C@@H]5COC5O[C@@H](C)[C@@H](O)[C@@H](O)[C@@H]5O)O[C@@H]4CO)O[C@H](CO[C@H]4O[C@H](CO)[C@@H](O)[C@H](O)[C@@H]4O[C@@H]4O[C@H](CO)[C@@H](O[C@@H]5O[C@H](CO)[C@H](O)[C@H](O)[C@H]5O)[C@H](O)[C@H]4NC(C)=O)[C@H]3O)O[C@H](CO)[C@@H](O)[C@@H]2O)O[C@H](CO)[C@@H](O[C@@H]2O[C@H](CO)[C@H](O)[C@H](O)[C@H]2O)[C@@H]1O. The molecule has 1 unspecified atom stereocenters. The number of hydrogen-bond acceptors (Lipinski definition) is 50. The van der Waals surface area contributed by atoms with Crippen LogP contribution in [0.1, 0.15) is 34.6 Å². The van der Waals surface area contributed by atoms with Gasteiger partial charge in [-0.2, -0.15) is 0 Å². The zero-order valence-corrected chi connectivity index (χ0v) is 65.7. The molecule has 10 fully saturated rings. The van der Waals surface area contributed by atoms with Crippen LogP contribution in [0.4, 0.5) is 0 Å². The summed E-state index contributed by atoms with van der Waals surface area (Å²) >= 11 is 0. The summed E-state index contributed by atoms with van der Waals surface area (Å²) in [7, 11) is 0. The predicted molar refractivity (Wildman–Crippen MR) is 375 cm³/mol. The highest BCUT2D eigenvalue weighted by Crippen LogP contribution is 2.41. The summed E-state index contributed by atoms with van der Waals surface area (Å²) in [5, 5.41) is 310. The van der Waals surface area contributed by atoms with Crippen LogP contribution in [0.2, 0.25) is 0 Å². The minimum absolute atomic E-state index is 0.846. The van der Waals surface area contributed by atoms with Gasteiger partial charge in [-0.15, -0.1) is 0 Å². The number of rotatable bonds is 31. The third kappa shape index (κ3) is 22.0. The first kappa shape index (κ1) is 100. The van der Waals surface area contributed by atoms with Crippen LogP contribution < -0.4 is 21.3 Å². The summed E-state index contributed by atoms with van der Waals surface area (Å²) in [6.45, 7) is -4.83. The Labute approximate surface area is 691 Å². The van der Waals surface area contributed by atoms with Crippen molar-refractivity contribution in [1.29, 1.82) is 0 Å². The smallest absolute Gasteiger partial charge is 0.217 e. The van der Waals surface area contributed by atoms with E-state index in [9.17, 15) is 157 Å². The zero-order chi connectivity index (χ0) is 89.8. The Hall–Kier alpha value is -3.96. The average Bonchev–Trinajstić information content (AvgIpc) is 0.775. The van der Waals surface area contributed by atoms with Gasteiger partial charge in [-0.3, -0.25) is 19.2 Å². The van der Waals surface area contributed by atoms with Gasteiger partial charge < -0.3 is 249 Å². The van der Waals surface area contributed by atoms with Crippen LogP contribution in [0.15, 0.2) is 0 Å². The molecule has 10 rings (SSSR count). The van der Waals surface area contributed by atoms with Crippen LogP contribution in [0.3, 0.4) is 0 Å². The van der Waals surface area contributed by atoms with Crippen LogP contribution in [0.5, 0.6) is 0 Å². The Balaban J connectivity index is 0.983. The van der Waals surface area contributed by atoms with E-state index < -0.39 is 390 Å². The lowest BCUT2D eigenvalue weighted by atomic mass is 9.93. The molecule has 122 heavy (non-hydrogen) atoms. The minimum Gasteiger partial charge on any atom is -0.394 e. The van der Waals surface area contributed by atoms with Crippen molar-refractivity contribution in [3.63, 3.8) is 0 Å². The highest BCUT2D eigenvalue weighted by atomic mass is 16.8.